The van der Waals surface area contributed by atoms with Gasteiger partial charge in [-0.1, -0.05) is 6.92 Å². The Balaban J connectivity index is 2.06. The van der Waals surface area contributed by atoms with Crippen molar-refractivity contribution in [2.24, 2.45) is 0 Å². The summed E-state index contributed by atoms with van der Waals surface area (Å²) in [5.41, 5.74) is 5.07. The van der Waals surface area contributed by atoms with Crippen molar-refractivity contribution in [3.63, 3.8) is 0 Å². The SMILES string of the molecule is CC[C@H]1O[C@@H](n2ccc3c(N)ncnc32)[C@H](O)[C@]1(C)O. The first-order valence-corrected chi connectivity index (χ1v) is 6.59. The van der Waals surface area contributed by atoms with Crippen LogP contribution in [0, 0.1) is 0 Å². The maximum atomic E-state index is 10.4. The average molecular weight is 278 g/mol. The second-order valence-electron chi connectivity index (χ2n) is 5.31. The van der Waals surface area contributed by atoms with Gasteiger partial charge in [-0.2, -0.15) is 0 Å². The summed E-state index contributed by atoms with van der Waals surface area (Å²) in [6.07, 6.45) is 1.54. The van der Waals surface area contributed by atoms with Crippen LogP contribution in [-0.4, -0.2) is 42.6 Å². The van der Waals surface area contributed by atoms with Crippen molar-refractivity contribution in [1.29, 1.82) is 0 Å². The van der Waals surface area contributed by atoms with Crippen LogP contribution in [0.2, 0.25) is 0 Å². The smallest absolute Gasteiger partial charge is 0.164 e. The van der Waals surface area contributed by atoms with Crippen LogP contribution in [-0.2, 0) is 4.74 Å². The largest absolute Gasteiger partial charge is 0.385 e. The highest BCUT2D eigenvalue weighted by molar-refractivity contribution is 5.86. The van der Waals surface area contributed by atoms with Crippen LogP contribution in [0.25, 0.3) is 11.0 Å². The first-order chi connectivity index (χ1) is 9.46. The van der Waals surface area contributed by atoms with E-state index in [2.05, 4.69) is 9.97 Å². The number of aromatic nitrogens is 3. The predicted octanol–water partition coefficient (Wildman–Crippen LogP) is 0.433. The Labute approximate surface area is 116 Å². The van der Waals surface area contributed by atoms with Crippen LogP contribution in [0.4, 0.5) is 5.82 Å². The number of aliphatic hydroxyl groups is 2. The number of anilines is 1. The minimum atomic E-state index is -1.30. The average Bonchev–Trinajstić information content (AvgIpc) is 2.92. The second kappa shape index (κ2) is 4.41. The van der Waals surface area contributed by atoms with Crippen LogP contribution < -0.4 is 5.73 Å². The minimum absolute atomic E-state index is 0.375. The molecule has 0 aliphatic carbocycles. The lowest BCUT2D eigenvalue weighted by atomic mass is 9.93. The molecule has 0 amide bonds. The molecule has 1 saturated heterocycles. The number of rotatable bonds is 2. The van der Waals surface area contributed by atoms with E-state index >= 15 is 0 Å². The molecule has 2 aromatic rings. The summed E-state index contributed by atoms with van der Waals surface area (Å²) < 4.78 is 7.47. The minimum Gasteiger partial charge on any atom is -0.385 e. The van der Waals surface area contributed by atoms with Gasteiger partial charge in [-0.05, 0) is 19.4 Å². The lowest BCUT2D eigenvalue weighted by molar-refractivity contribution is -0.0638. The first-order valence-electron chi connectivity index (χ1n) is 6.59. The Kier molecular flexibility index (Phi) is 2.93. The molecule has 20 heavy (non-hydrogen) atoms. The normalized spacial score (nSPS) is 33.9. The van der Waals surface area contributed by atoms with E-state index in [1.165, 1.54) is 6.33 Å². The lowest BCUT2D eigenvalue weighted by Crippen LogP contribution is -2.44. The molecule has 0 unspecified atom stereocenters. The molecular formula is C13H18N4O3. The molecule has 3 rings (SSSR count). The third-order valence-corrected chi connectivity index (χ3v) is 4.01. The summed E-state index contributed by atoms with van der Waals surface area (Å²) in [5, 5.41) is 21.4. The Morgan fingerprint density at radius 1 is 1.50 bits per heavy atom. The third kappa shape index (κ3) is 1.71. The summed E-state index contributed by atoms with van der Waals surface area (Å²) >= 11 is 0. The van der Waals surface area contributed by atoms with Gasteiger partial charge in [0, 0.05) is 6.20 Å². The van der Waals surface area contributed by atoms with E-state index in [0.717, 1.165) is 0 Å². The van der Waals surface area contributed by atoms with Gasteiger partial charge >= 0.3 is 0 Å². The molecule has 7 nitrogen and oxygen atoms in total. The van der Waals surface area contributed by atoms with E-state index in [4.69, 9.17) is 10.5 Å². The van der Waals surface area contributed by atoms with Gasteiger partial charge in [0.25, 0.3) is 0 Å². The number of hydrogen-bond donors (Lipinski definition) is 3. The number of fused-ring (bicyclic) bond motifs is 1. The van der Waals surface area contributed by atoms with E-state index in [1.807, 2.05) is 6.92 Å². The predicted molar refractivity (Wildman–Crippen MR) is 72.8 cm³/mol. The van der Waals surface area contributed by atoms with Gasteiger partial charge < -0.3 is 25.3 Å². The Morgan fingerprint density at radius 3 is 2.90 bits per heavy atom. The van der Waals surface area contributed by atoms with Crippen molar-refractivity contribution in [2.45, 2.75) is 44.3 Å². The fourth-order valence-corrected chi connectivity index (χ4v) is 2.78. The number of aliphatic hydroxyl groups excluding tert-OH is 1. The Hall–Kier alpha value is -1.70. The molecule has 2 aromatic heterocycles. The van der Waals surface area contributed by atoms with Crippen molar-refractivity contribution in [2.75, 3.05) is 5.73 Å². The van der Waals surface area contributed by atoms with E-state index in [-0.39, 0.29) is 0 Å². The lowest BCUT2D eigenvalue weighted by Gasteiger charge is -2.25. The van der Waals surface area contributed by atoms with Crippen molar-refractivity contribution in [3.8, 4) is 0 Å². The van der Waals surface area contributed by atoms with Crippen molar-refractivity contribution in [3.05, 3.63) is 18.6 Å². The molecule has 0 radical (unpaired) electrons. The molecule has 3 heterocycles. The van der Waals surface area contributed by atoms with Crippen LogP contribution in [0.3, 0.4) is 0 Å². The first kappa shape index (κ1) is 13.3. The van der Waals surface area contributed by atoms with E-state index < -0.39 is 24.0 Å². The van der Waals surface area contributed by atoms with Gasteiger partial charge in [0.2, 0.25) is 0 Å². The van der Waals surface area contributed by atoms with Crippen LogP contribution in [0.5, 0.6) is 0 Å². The number of ether oxygens (including phenoxy) is 1. The zero-order valence-corrected chi connectivity index (χ0v) is 11.4. The quantitative estimate of drug-likeness (QED) is 0.735. The summed E-state index contributed by atoms with van der Waals surface area (Å²) in [5.74, 6) is 0.375. The Bertz CT molecular complexity index is 640. The van der Waals surface area contributed by atoms with E-state index in [1.54, 1.807) is 23.8 Å². The number of hydrogen-bond acceptors (Lipinski definition) is 6. The standard InChI is InChI=1S/C13H18N4O3/c1-3-8-13(2,19)9(18)12(20-8)17-5-4-7-10(14)15-6-16-11(7)17/h4-6,8-9,12,18-19H,3H2,1-2H3,(H2,14,15,16)/t8-,9+,12-,13-/m1/s1. The van der Waals surface area contributed by atoms with Crippen molar-refractivity contribution >= 4 is 16.9 Å². The van der Waals surface area contributed by atoms with Crippen molar-refractivity contribution in [1.82, 2.24) is 14.5 Å². The van der Waals surface area contributed by atoms with Crippen molar-refractivity contribution < 1.29 is 14.9 Å². The second-order valence-corrected chi connectivity index (χ2v) is 5.31. The molecule has 0 bridgehead atoms. The topological polar surface area (TPSA) is 106 Å². The molecule has 0 aromatic carbocycles. The van der Waals surface area contributed by atoms with Gasteiger partial charge in [-0.15, -0.1) is 0 Å². The zero-order valence-electron chi connectivity index (χ0n) is 11.4. The van der Waals surface area contributed by atoms with Gasteiger partial charge in [-0.25, -0.2) is 9.97 Å². The molecule has 4 atom stereocenters. The fourth-order valence-electron chi connectivity index (χ4n) is 2.78. The highest BCUT2D eigenvalue weighted by Crippen LogP contribution is 2.39. The highest BCUT2D eigenvalue weighted by Gasteiger charge is 2.52. The maximum Gasteiger partial charge on any atom is 0.164 e. The summed E-state index contributed by atoms with van der Waals surface area (Å²) in [6, 6.07) is 1.77. The molecule has 4 N–H and O–H groups in total. The van der Waals surface area contributed by atoms with Gasteiger partial charge in [0.1, 0.15) is 29.5 Å². The molecule has 0 spiro atoms. The van der Waals surface area contributed by atoms with Gasteiger partial charge in [-0.3, -0.25) is 0 Å². The van der Waals surface area contributed by atoms with E-state index in [9.17, 15) is 10.2 Å². The van der Waals surface area contributed by atoms with Crippen LogP contribution >= 0.6 is 0 Å². The van der Waals surface area contributed by atoms with Gasteiger partial charge in [0.15, 0.2) is 6.23 Å². The Morgan fingerprint density at radius 2 is 2.25 bits per heavy atom. The summed E-state index contributed by atoms with van der Waals surface area (Å²) in [7, 11) is 0. The number of nitrogens with two attached hydrogens (primary N) is 1. The van der Waals surface area contributed by atoms with Crippen LogP contribution in [0.15, 0.2) is 18.6 Å². The molecule has 7 heteroatoms. The number of nitrogen functional groups attached to an aromatic ring is 1. The monoisotopic (exact) mass is 278 g/mol. The molecule has 0 saturated carbocycles. The zero-order chi connectivity index (χ0) is 14.5. The highest BCUT2D eigenvalue weighted by atomic mass is 16.6. The van der Waals surface area contributed by atoms with Gasteiger partial charge in [0.05, 0.1) is 11.5 Å². The maximum absolute atomic E-state index is 10.4. The molecule has 1 aliphatic heterocycles. The molecule has 108 valence electrons. The number of nitrogens with zero attached hydrogens (tertiary/aromatic N) is 3. The fraction of sp³-hybridized carbons (Fsp3) is 0.538. The summed E-state index contributed by atoms with van der Waals surface area (Å²) in [6.45, 7) is 3.49. The molecule has 1 fully saturated rings. The van der Waals surface area contributed by atoms with Crippen LogP contribution in [0.1, 0.15) is 26.5 Å². The summed E-state index contributed by atoms with van der Waals surface area (Å²) in [4.78, 5) is 8.11. The third-order valence-electron chi connectivity index (χ3n) is 4.01. The van der Waals surface area contributed by atoms with E-state index in [0.29, 0.717) is 23.3 Å². The molecular weight excluding hydrogens is 260 g/mol. The molecule has 1 aliphatic rings.